The van der Waals surface area contributed by atoms with Crippen LogP contribution in [0.15, 0.2) is 65.7 Å². The molecule has 0 atom stereocenters. The van der Waals surface area contributed by atoms with Gasteiger partial charge in [0.25, 0.3) is 5.91 Å². The minimum absolute atomic E-state index is 0.0794. The first-order valence-electron chi connectivity index (χ1n) is 10.9. The zero-order valence-electron chi connectivity index (χ0n) is 19.8. The molecule has 0 unspecified atom stereocenters. The summed E-state index contributed by atoms with van der Waals surface area (Å²) in [4.78, 5) is 29.0. The van der Waals surface area contributed by atoms with Crippen molar-refractivity contribution in [3.8, 4) is 5.75 Å². The molecule has 2 amide bonds. The molecule has 3 rings (SSSR count). The summed E-state index contributed by atoms with van der Waals surface area (Å²) in [7, 11) is -2.63. The van der Waals surface area contributed by atoms with E-state index in [2.05, 4.69) is 20.3 Å². The van der Waals surface area contributed by atoms with Crippen LogP contribution in [0.2, 0.25) is 0 Å². The molecule has 10 heteroatoms. The van der Waals surface area contributed by atoms with Gasteiger partial charge in [-0.2, -0.15) is 0 Å². The first-order chi connectivity index (χ1) is 16.7. The third-order valence-corrected chi connectivity index (χ3v) is 6.75. The number of carbonyl (C=O) groups is 2. The van der Waals surface area contributed by atoms with Gasteiger partial charge in [0.15, 0.2) is 0 Å². The van der Waals surface area contributed by atoms with Gasteiger partial charge in [0.05, 0.1) is 13.7 Å². The normalized spacial score (nSPS) is 11.1. The van der Waals surface area contributed by atoms with Crippen LogP contribution in [0, 0.1) is 13.8 Å². The Kier molecular flexibility index (Phi) is 8.56. The maximum atomic E-state index is 12.9. The Morgan fingerprint density at radius 2 is 1.74 bits per heavy atom. The van der Waals surface area contributed by atoms with Gasteiger partial charge >= 0.3 is 0 Å². The van der Waals surface area contributed by atoms with Crippen LogP contribution in [-0.4, -0.2) is 45.4 Å². The maximum absolute atomic E-state index is 12.9. The number of aryl methyl sites for hydroxylation is 2. The van der Waals surface area contributed by atoms with Crippen molar-refractivity contribution in [3.63, 3.8) is 0 Å². The second kappa shape index (κ2) is 11.6. The summed E-state index contributed by atoms with van der Waals surface area (Å²) in [5, 5.41) is 5.31. The molecule has 0 aliphatic carbocycles. The van der Waals surface area contributed by atoms with Crippen molar-refractivity contribution in [1.82, 2.24) is 15.0 Å². The van der Waals surface area contributed by atoms with Crippen molar-refractivity contribution in [2.75, 3.05) is 25.5 Å². The molecule has 0 saturated heterocycles. The number of hydrogen-bond acceptors (Lipinski definition) is 6. The summed E-state index contributed by atoms with van der Waals surface area (Å²) in [5.74, 6) is -0.887. The van der Waals surface area contributed by atoms with Crippen LogP contribution in [0.1, 0.15) is 27.2 Å². The van der Waals surface area contributed by atoms with Crippen LogP contribution < -0.4 is 20.1 Å². The fraction of sp³-hybridized carbons (Fsp3) is 0.240. The summed E-state index contributed by atoms with van der Waals surface area (Å²) in [6.45, 7) is 3.61. The topological polar surface area (TPSA) is 126 Å². The molecule has 0 saturated carbocycles. The minimum Gasteiger partial charge on any atom is -0.495 e. The molecular formula is C25H28N4O5S. The summed E-state index contributed by atoms with van der Waals surface area (Å²) in [6, 6.07) is 15.1. The predicted octanol–water partition coefficient (Wildman–Crippen LogP) is 2.60. The predicted molar refractivity (Wildman–Crippen MR) is 133 cm³/mol. The second-order valence-corrected chi connectivity index (χ2v) is 9.57. The SMILES string of the molecule is COc1ccc(C(=O)NCC(=O)Nc2c(C)cccc2C)cc1S(=O)(=O)NCCc1ccccn1. The highest BCUT2D eigenvalue weighted by atomic mass is 32.2. The van der Waals surface area contributed by atoms with E-state index in [-0.39, 0.29) is 29.3 Å². The monoisotopic (exact) mass is 496 g/mol. The summed E-state index contributed by atoms with van der Waals surface area (Å²) >= 11 is 0. The Balaban J connectivity index is 1.66. The summed E-state index contributed by atoms with van der Waals surface area (Å²) < 4.78 is 33.5. The Bertz CT molecular complexity index is 1290. The van der Waals surface area contributed by atoms with Gasteiger partial charge in [0, 0.05) is 36.1 Å². The van der Waals surface area contributed by atoms with Gasteiger partial charge < -0.3 is 15.4 Å². The van der Waals surface area contributed by atoms with Crippen LogP contribution in [0.25, 0.3) is 0 Å². The molecule has 0 aliphatic rings. The van der Waals surface area contributed by atoms with E-state index < -0.39 is 21.8 Å². The first-order valence-corrected chi connectivity index (χ1v) is 12.4. The summed E-state index contributed by atoms with van der Waals surface area (Å²) in [6.07, 6.45) is 2.04. The third kappa shape index (κ3) is 6.87. The highest BCUT2D eigenvalue weighted by molar-refractivity contribution is 7.89. The van der Waals surface area contributed by atoms with Crippen LogP contribution in [-0.2, 0) is 21.2 Å². The molecule has 184 valence electrons. The van der Waals surface area contributed by atoms with Gasteiger partial charge in [-0.1, -0.05) is 24.3 Å². The fourth-order valence-electron chi connectivity index (χ4n) is 3.42. The Morgan fingerprint density at radius 3 is 2.40 bits per heavy atom. The molecular weight excluding hydrogens is 468 g/mol. The number of carbonyl (C=O) groups excluding carboxylic acids is 2. The average molecular weight is 497 g/mol. The minimum atomic E-state index is -3.97. The lowest BCUT2D eigenvalue weighted by Gasteiger charge is -2.13. The van der Waals surface area contributed by atoms with E-state index in [1.165, 1.54) is 25.3 Å². The zero-order chi connectivity index (χ0) is 25.4. The standard InChI is InChI=1S/C25H28N4O5S/c1-17-7-6-8-18(2)24(17)29-23(30)16-27-25(31)19-10-11-21(34-3)22(15-19)35(32,33)28-14-12-20-9-4-5-13-26-20/h4-11,13,15,28H,12,14,16H2,1-3H3,(H,27,31)(H,29,30). The number of nitrogens with zero attached hydrogens (tertiary/aromatic N) is 1. The van der Waals surface area contributed by atoms with Gasteiger partial charge in [0.1, 0.15) is 10.6 Å². The molecule has 2 aromatic carbocycles. The number of hydrogen-bond donors (Lipinski definition) is 3. The third-order valence-electron chi connectivity index (χ3n) is 5.27. The van der Waals surface area contributed by atoms with Crippen molar-refractivity contribution in [2.45, 2.75) is 25.2 Å². The number of ether oxygens (including phenoxy) is 1. The lowest BCUT2D eigenvalue weighted by Crippen LogP contribution is -2.33. The Morgan fingerprint density at radius 1 is 1.00 bits per heavy atom. The van der Waals surface area contributed by atoms with E-state index in [1.807, 2.05) is 38.1 Å². The maximum Gasteiger partial charge on any atom is 0.251 e. The van der Waals surface area contributed by atoms with Gasteiger partial charge in [-0.15, -0.1) is 0 Å². The number of aromatic nitrogens is 1. The van der Waals surface area contributed by atoms with Gasteiger partial charge in [-0.05, 0) is 55.3 Å². The number of pyridine rings is 1. The number of amides is 2. The van der Waals surface area contributed by atoms with E-state index in [4.69, 9.17) is 4.74 Å². The molecule has 0 radical (unpaired) electrons. The van der Waals surface area contributed by atoms with E-state index in [0.29, 0.717) is 12.1 Å². The highest BCUT2D eigenvalue weighted by Crippen LogP contribution is 2.25. The fourth-order valence-corrected chi connectivity index (χ4v) is 4.65. The number of anilines is 1. The number of sulfonamides is 1. The van der Waals surface area contributed by atoms with Crippen LogP contribution in [0.4, 0.5) is 5.69 Å². The average Bonchev–Trinajstić information content (AvgIpc) is 2.85. The van der Waals surface area contributed by atoms with Crippen molar-refractivity contribution in [3.05, 3.63) is 83.2 Å². The highest BCUT2D eigenvalue weighted by Gasteiger charge is 2.22. The van der Waals surface area contributed by atoms with Crippen molar-refractivity contribution in [1.29, 1.82) is 0 Å². The lowest BCUT2D eigenvalue weighted by molar-refractivity contribution is -0.115. The molecule has 0 bridgehead atoms. The summed E-state index contributed by atoms with van der Waals surface area (Å²) in [5.41, 5.74) is 3.34. The van der Waals surface area contributed by atoms with Crippen LogP contribution in [0.5, 0.6) is 5.75 Å². The largest absolute Gasteiger partial charge is 0.495 e. The molecule has 9 nitrogen and oxygen atoms in total. The molecule has 0 spiro atoms. The van der Waals surface area contributed by atoms with E-state index >= 15 is 0 Å². The van der Waals surface area contributed by atoms with Crippen molar-refractivity contribution >= 4 is 27.5 Å². The lowest BCUT2D eigenvalue weighted by atomic mass is 10.1. The van der Waals surface area contributed by atoms with Gasteiger partial charge in [-0.25, -0.2) is 13.1 Å². The van der Waals surface area contributed by atoms with Crippen molar-refractivity contribution in [2.24, 2.45) is 0 Å². The molecule has 1 aromatic heterocycles. The van der Waals surface area contributed by atoms with E-state index in [1.54, 1.807) is 18.3 Å². The zero-order valence-corrected chi connectivity index (χ0v) is 20.6. The first kappa shape index (κ1) is 25.9. The smallest absolute Gasteiger partial charge is 0.251 e. The van der Waals surface area contributed by atoms with Gasteiger partial charge in [0.2, 0.25) is 15.9 Å². The molecule has 0 aliphatic heterocycles. The Hall–Kier alpha value is -3.76. The number of para-hydroxylation sites is 1. The number of benzene rings is 2. The molecule has 35 heavy (non-hydrogen) atoms. The number of methoxy groups -OCH3 is 1. The van der Waals surface area contributed by atoms with E-state index in [9.17, 15) is 18.0 Å². The quantitative estimate of drug-likeness (QED) is 0.396. The molecule has 3 aromatic rings. The van der Waals surface area contributed by atoms with Gasteiger partial charge in [-0.3, -0.25) is 14.6 Å². The number of rotatable bonds is 10. The van der Waals surface area contributed by atoms with Crippen LogP contribution in [0.3, 0.4) is 0 Å². The molecule has 1 heterocycles. The second-order valence-electron chi connectivity index (χ2n) is 7.83. The molecule has 3 N–H and O–H groups in total. The Labute approximate surface area is 205 Å². The van der Waals surface area contributed by atoms with Crippen molar-refractivity contribution < 1.29 is 22.7 Å². The van der Waals surface area contributed by atoms with E-state index in [0.717, 1.165) is 16.8 Å². The van der Waals surface area contributed by atoms with Crippen LogP contribution >= 0.6 is 0 Å². The number of nitrogens with one attached hydrogen (secondary N) is 3. The molecule has 0 fully saturated rings.